The van der Waals surface area contributed by atoms with E-state index in [1.807, 2.05) is 0 Å². The Balaban J connectivity index is 1.60. The number of carbonyl (C=O) groups excluding carboxylic acids is 1. The number of pyridine rings is 2. The van der Waals surface area contributed by atoms with E-state index in [1.165, 1.54) is 24.4 Å². The summed E-state index contributed by atoms with van der Waals surface area (Å²) >= 11 is 0.449. The lowest BCUT2D eigenvalue weighted by molar-refractivity contribution is -0.383. The zero-order chi connectivity index (χ0) is 24.6. The first kappa shape index (κ1) is 23.4. The summed E-state index contributed by atoms with van der Waals surface area (Å²) in [6, 6.07) is 9.79. The van der Waals surface area contributed by atoms with Gasteiger partial charge in [-0.2, -0.15) is 4.39 Å². The van der Waals surface area contributed by atoms with Crippen LogP contribution in [0.5, 0.6) is 0 Å². The van der Waals surface area contributed by atoms with Crippen molar-refractivity contribution in [3.8, 4) is 5.82 Å². The van der Waals surface area contributed by atoms with Crippen LogP contribution in [0.15, 0.2) is 63.9 Å². The van der Waals surface area contributed by atoms with Crippen molar-refractivity contribution in [3.63, 3.8) is 0 Å². The number of sulfone groups is 1. The van der Waals surface area contributed by atoms with Crippen LogP contribution in [0.25, 0.3) is 16.6 Å². The number of aromatic nitrogens is 2. The SMILES string of the molecule is Cc1ccc2c(=O)n(-c3ccc(CC(=O)CS(=O)(=O)c4ccc(F)s4)cn3)cc([N+](=O)[O-])c2c1. The van der Waals surface area contributed by atoms with Gasteiger partial charge >= 0.3 is 0 Å². The number of nitrogens with zero attached hydrogens (tertiary/aromatic N) is 3. The van der Waals surface area contributed by atoms with Crippen LogP contribution in [-0.2, 0) is 21.1 Å². The van der Waals surface area contributed by atoms with Gasteiger partial charge in [0.2, 0.25) is 0 Å². The number of carbonyl (C=O) groups is 1. The van der Waals surface area contributed by atoms with Gasteiger partial charge in [-0.25, -0.2) is 13.4 Å². The minimum Gasteiger partial charge on any atom is -0.298 e. The molecule has 0 fully saturated rings. The van der Waals surface area contributed by atoms with Gasteiger partial charge in [0, 0.05) is 12.6 Å². The van der Waals surface area contributed by atoms with Crippen LogP contribution in [0.3, 0.4) is 0 Å². The van der Waals surface area contributed by atoms with Gasteiger partial charge in [0.15, 0.2) is 20.8 Å². The van der Waals surface area contributed by atoms with Crippen LogP contribution >= 0.6 is 11.3 Å². The summed E-state index contributed by atoms with van der Waals surface area (Å²) < 4.78 is 38.5. The Morgan fingerprint density at radius 3 is 2.56 bits per heavy atom. The van der Waals surface area contributed by atoms with Gasteiger partial charge in [0.1, 0.15) is 15.8 Å². The fourth-order valence-corrected chi connectivity index (χ4v) is 5.77. The van der Waals surface area contributed by atoms with Gasteiger partial charge < -0.3 is 0 Å². The van der Waals surface area contributed by atoms with Crippen LogP contribution in [0, 0.1) is 22.2 Å². The Morgan fingerprint density at radius 1 is 1.18 bits per heavy atom. The molecular formula is C22H16FN3O6S2. The van der Waals surface area contributed by atoms with E-state index in [9.17, 15) is 32.5 Å². The minimum absolute atomic E-state index is 0.105. The van der Waals surface area contributed by atoms with Crippen LogP contribution in [-0.4, -0.2) is 34.4 Å². The Labute approximate surface area is 196 Å². The van der Waals surface area contributed by atoms with E-state index in [0.717, 1.165) is 28.5 Å². The standard InChI is InChI=1S/C22H16FN3O6S2/c1-13-2-4-16-17(8-13)18(26(29)30)11-25(22(16)28)20-6-3-14(10-24-20)9-15(27)12-34(31,32)21-7-5-19(23)33-21/h2-8,10-11H,9,12H2,1H3. The number of halogens is 1. The van der Waals surface area contributed by atoms with E-state index in [0.29, 0.717) is 16.9 Å². The first-order valence-corrected chi connectivity index (χ1v) is 12.3. The summed E-state index contributed by atoms with van der Waals surface area (Å²) in [7, 11) is -3.95. The number of hydrogen-bond donors (Lipinski definition) is 0. The maximum absolute atomic E-state index is 13.1. The van der Waals surface area contributed by atoms with Crippen molar-refractivity contribution in [2.24, 2.45) is 0 Å². The third-order valence-electron chi connectivity index (χ3n) is 5.01. The molecule has 1 aromatic carbocycles. The quantitative estimate of drug-likeness (QED) is 0.280. The predicted molar refractivity (Wildman–Crippen MR) is 124 cm³/mol. The number of rotatable bonds is 7. The first-order valence-electron chi connectivity index (χ1n) is 9.80. The largest absolute Gasteiger partial charge is 0.298 e. The highest BCUT2D eigenvalue weighted by Gasteiger charge is 2.22. The van der Waals surface area contributed by atoms with Gasteiger partial charge in [-0.1, -0.05) is 29.0 Å². The summed E-state index contributed by atoms with van der Waals surface area (Å²) in [6.45, 7) is 1.76. The van der Waals surface area contributed by atoms with Gasteiger partial charge in [0.05, 0.1) is 21.9 Å². The molecule has 9 nitrogen and oxygen atoms in total. The Morgan fingerprint density at radius 2 is 1.94 bits per heavy atom. The van der Waals surface area contributed by atoms with E-state index in [2.05, 4.69) is 4.98 Å². The number of aryl methyl sites for hydroxylation is 1. The number of ketones is 1. The average Bonchev–Trinajstić information content (AvgIpc) is 3.21. The highest BCUT2D eigenvalue weighted by atomic mass is 32.2. The molecule has 0 saturated heterocycles. The molecule has 0 amide bonds. The van der Waals surface area contributed by atoms with E-state index in [1.54, 1.807) is 19.1 Å². The first-order chi connectivity index (χ1) is 16.0. The molecule has 0 unspecified atom stereocenters. The zero-order valence-electron chi connectivity index (χ0n) is 17.6. The highest BCUT2D eigenvalue weighted by Crippen LogP contribution is 2.25. The van der Waals surface area contributed by atoms with Gasteiger partial charge in [-0.3, -0.25) is 24.3 Å². The van der Waals surface area contributed by atoms with Gasteiger partial charge in [-0.05, 0) is 42.8 Å². The third-order valence-corrected chi connectivity index (χ3v) is 8.14. The van der Waals surface area contributed by atoms with Crippen molar-refractivity contribution in [1.82, 2.24) is 9.55 Å². The smallest absolute Gasteiger partial charge is 0.293 e. The normalized spacial score (nSPS) is 11.6. The zero-order valence-corrected chi connectivity index (χ0v) is 19.2. The summed E-state index contributed by atoms with van der Waals surface area (Å²) in [5.41, 5.74) is 0.409. The molecule has 174 valence electrons. The second-order valence-electron chi connectivity index (χ2n) is 7.55. The molecule has 12 heteroatoms. The van der Waals surface area contributed by atoms with Crippen LogP contribution in [0.2, 0.25) is 0 Å². The highest BCUT2D eigenvalue weighted by molar-refractivity contribution is 7.94. The lowest BCUT2D eigenvalue weighted by Crippen LogP contribution is -2.20. The molecule has 0 bridgehead atoms. The summed E-state index contributed by atoms with van der Waals surface area (Å²) in [5.74, 6) is -1.30. The van der Waals surface area contributed by atoms with Gasteiger partial charge in [0.25, 0.3) is 11.2 Å². The molecule has 4 rings (SSSR count). The van der Waals surface area contributed by atoms with E-state index < -0.39 is 37.0 Å². The summed E-state index contributed by atoms with van der Waals surface area (Å²) in [4.78, 5) is 40.3. The second kappa shape index (κ2) is 8.88. The molecule has 0 aliphatic carbocycles. The maximum Gasteiger partial charge on any atom is 0.293 e. The Bertz CT molecular complexity index is 1610. The number of thiophene rings is 1. The molecule has 0 aliphatic heterocycles. The molecule has 0 spiro atoms. The average molecular weight is 502 g/mol. The second-order valence-corrected chi connectivity index (χ2v) is 10.8. The monoisotopic (exact) mass is 501 g/mol. The maximum atomic E-state index is 13.1. The Hall–Kier alpha value is -3.77. The fraction of sp³-hybridized carbons (Fsp3) is 0.136. The van der Waals surface area contributed by atoms with Crippen molar-refractivity contribution >= 4 is 43.4 Å². The number of fused-ring (bicyclic) bond motifs is 1. The van der Waals surface area contributed by atoms with Crippen molar-refractivity contribution in [2.45, 2.75) is 17.6 Å². The Kier molecular flexibility index (Phi) is 6.11. The van der Waals surface area contributed by atoms with E-state index >= 15 is 0 Å². The topological polar surface area (TPSA) is 129 Å². The van der Waals surface area contributed by atoms with Crippen LogP contribution in [0.1, 0.15) is 11.1 Å². The number of Topliss-reactive ketones (excluding diaryl/α,β-unsaturated/α-hetero) is 1. The fourth-order valence-electron chi connectivity index (χ4n) is 3.44. The van der Waals surface area contributed by atoms with Gasteiger partial charge in [-0.15, -0.1) is 0 Å². The molecular weight excluding hydrogens is 485 g/mol. The molecule has 3 aromatic heterocycles. The van der Waals surface area contributed by atoms with Crippen LogP contribution in [0.4, 0.5) is 10.1 Å². The molecule has 0 N–H and O–H groups in total. The molecule has 4 aromatic rings. The third kappa shape index (κ3) is 4.63. The molecule has 3 heterocycles. The molecule has 0 aliphatic rings. The lowest BCUT2D eigenvalue weighted by atomic mass is 10.1. The van der Waals surface area contributed by atoms with E-state index in [-0.39, 0.29) is 32.9 Å². The number of benzene rings is 1. The molecule has 0 radical (unpaired) electrons. The van der Waals surface area contributed by atoms with Crippen molar-refractivity contribution in [3.05, 3.63) is 91.6 Å². The van der Waals surface area contributed by atoms with Crippen molar-refractivity contribution in [1.29, 1.82) is 0 Å². The molecule has 0 saturated carbocycles. The lowest BCUT2D eigenvalue weighted by Gasteiger charge is -2.09. The number of hydrogen-bond acceptors (Lipinski definition) is 8. The summed E-state index contributed by atoms with van der Waals surface area (Å²) in [5, 5.41) is 11.3. The number of nitro groups is 1. The van der Waals surface area contributed by atoms with Crippen molar-refractivity contribution in [2.75, 3.05) is 5.75 Å². The molecule has 0 atom stereocenters. The van der Waals surface area contributed by atoms with Crippen molar-refractivity contribution < 1.29 is 22.5 Å². The molecule has 34 heavy (non-hydrogen) atoms. The summed E-state index contributed by atoms with van der Waals surface area (Å²) in [6.07, 6.45) is 2.15. The van der Waals surface area contributed by atoms with E-state index in [4.69, 9.17) is 0 Å². The van der Waals surface area contributed by atoms with Crippen LogP contribution < -0.4 is 5.56 Å². The minimum atomic E-state index is -3.95. The predicted octanol–water partition coefficient (Wildman–Crippen LogP) is 3.39.